The lowest BCUT2D eigenvalue weighted by atomic mass is 10.3. The molecule has 0 radical (unpaired) electrons. The highest BCUT2D eigenvalue weighted by atomic mass is 16.3. The Labute approximate surface area is 82.4 Å². The van der Waals surface area contributed by atoms with E-state index in [1.54, 1.807) is 24.3 Å². The Balaban J connectivity index is 2.83. The Hall–Kier alpha value is -1.39. The predicted molar refractivity (Wildman–Crippen MR) is 53.0 cm³/mol. The van der Waals surface area contributed by atoms with Crippen molar-refractivity contribution in [2.75, 3.05) is 24.7 Å². The molecule has 0 saturated carbocycles. The second kappa shape index (κ2) is 5.36. The van der Waals surface area contributed by atoms with Gasteiger partial charge in [0.25, 0.3) is 5.91 Å². The molecule has 0 fully saturated rings. The van der Waals surface area contributed by atoms with Gasteiger partial charge in [-0.2, -0.15) is 0 Å². The Kier molecular flexibility index (Phi) is 4.10. The molecule has 4 heteroatoms. The summed E-state index contributed by atoms with van der Waals surface area (Å²) < 4.78 is 0. The summed E-state index contributed by atoms with van der Waals surface area (Å²) in [7, 11) is 0. The molecule has 0 aromatic heterocycles. The number of hydrogen-bond acceptors (Lipinski definition) is 3. The zero-order chi connectivity index (χ0) is 10.4. The standard InChI is InChI=1S/C10H13NO3/c12-7-6-11(10(14)8-13)9-4-2-1-3-5-9/h1-5,12-13H,6-8H2. The fourth-order valence-corrected chi connectivity index (χ4v) is 1.19. The van der Waals surface area contributed by atoms with Crippen molar-refractivity contribution in [3.8, 4) is 0 Å². The van der Waals surface area contributed by atoms with Crippen LogP contribution < -0.4 is 4.90 Å². The molecule has 0 aliphatic rings. The summed E-state index contributed by atoms with van der Waals surface area (Å²) in [5.74, 6) is -0.412. The Morgan fingerprint density at radius 2 is 1.86 bits per heavy atom. The average Bonchev–Trinajstić information content (AvgIpc) is 2.26. The van der Waals surface area contributed by atoms with Gasteiger partial charge in [-0.1, -0.05) is 18.2 Å². The van der Waals surface area contributed by atoms with Crippen LogP contribution in [0, 0.1) is 0 Å². The molecule has 76 valence electrons. The minimum Gasteiger partial charge on any atom is -0.395 e. The van der Waals surface area contributed by atoms with Crippen LogP contribution in [0.3, 0.4) is 0 Å². The van der Waals surface area contributed by atoms with Crippen LogP contribution in [-0.4, -0.2) is 35.9 Å². The van der Waals surface area contributed by atoms with Crippen molar-refractivity contribution >= 4 is 11.6 Å². The zero-order valence-electron chi connectivity index (χ0n) is 7.76. The summed E-state index contributed by atoms with van der Waals surface area (Å²) in [6.45, 7) is -0.473. The lowest BCUT2D eigenvalue weighted by Crippen LogP contribution is -2.35. The largest absolute Gasteiger partial charge is 0.395 e. The van der Waals surface area contributed by atoms with Crippen molar-refractivity contribution < 1.29 is 15.0 Å². The summed E-state index contributed by atoms with van der Waals surface area (Å²) in [6.07, 6.45) is 0. The summed E-state index contributed by atoms with van der Waals surface area (Å²) in [6, 6.07) is 8.94. The van der Waals surface area contributed by atoms with Gasteiger partial charge in [-0.25, -0.2) is 0 Å². The fraction of sp³-hybridized carbons (Fsp3) is 0.300. The normalized spacial score (nSPS) is 9.86. The van der Waals surface area contributed by atoms with Crippen molar-refractivity contribution in [3.05, 3.63) is 30.3 Å². The van der Waals surface area contributed by atoms with E-state index in [-0.39, 0.29) is 13.2 Å². The van der Waals surface area contributed by atoms with Gasteiger partial charge in [0.15, 0.2) is 0 Å². The molecule has 1 aromatic carbocycles. The van der Waals surface area contributed by atoms with Gasteiger partial charge in [0.05, 0.1) is 6.61 Å². The number of para-hydroxylation sites is 1. The molecule has 1 rings (SSSR count). The molecule has 4 nitrogen and oxygen atoms in total. The van der Waals surface area contributed by atoms with Crippen LogP contribution >= 0.6 is 0 Å². The second-order valence-corrected chi connectivity index (χ2v) is 2.76. The van der Waals surface area contributed by atoms with Crippen LogP contribution in [0.2, 0.25) is 0 Å². The zero-order valence-corrected chi connectivity index (χ0v) is 7.76. The molecule has 1 amide bonds. The van der Waals surface area contributed by atoms with Crippen LogP contribution in [0.4, 0.5) is 5.69 Å². The first-order chi connectivity index (χ1) is 6.79. The number of aliphatic hydroxyl groups is 2. The van der Waals surface area contributed by atoms with Crippen molar-refractivity contribution in [2.45, 2.75) is 0 Å². The van der Waals surface area contributed by atoms with Gasteiger partial charge in [-0.3, -0.25) is 4.79 Å². The number of anilines is 1. The molecule has 0 unspecified atom stereocenters. The molecule has 2 N–H and O–H groups in total. The van der Waals surface area contributed by atoms with Gasteiger partial charge >= 0.3 is 0 Å². The molecular weight excluding hydrogens is 182 g/mol. The fourth-order valence-electron chi connectivity index (χ4n) is 1.19. The molecule has 1 aromatic rings. The third-order valence-corrected chi connectivity index (χ3v) is 1.83. The van der Waals surface area contributed by atoms with Crippen molar-refractivity contribution in [2.24, 2.45) is 0 Å². The summed E-state index contributed by atoms with van der Waals surface area (Å²) >= 11 is 0. The maximum Gasteiger partial charge on any atom is 0.252 e. The van der Waals surface area contributed by atoms with Gasteiger partial charge in [0.2, 0.25) is 0 Å². The first kappa shape index (κ1) is 10.7. The molecule has 0 saturated heterocycles. The Bertz CT molecular complexity index is 287. The number of hydrogen-bond donors (Lipinski definition) is 2. The van der Waals surface area contributed by atoms with E-state index in [0.717, 1.165) is 0 Å². The molecule has 0 atom stereocenters. The molecule has 0 aliphatic heterocycles. The number of amides is 1. The van der Waals surface area contributed by atoms with Crippen LogP contribution in [0.5, 0.6) is 0 Å². The molecule has 0 spiro atoms. The predicted octanol–water partition coefficient (Wildman–Crippen LogP) is 0.00420. The molecule has 0 bridgehead atoms. The topological polar surface area (TPSA) is 60.8 Å². The smallest absolute Gasteiger partial charge is 0.252 e. The third-order valence-electron chi connectivity index (χ3n) is 1.83. The highest BCUT2D eigenvalue weighted by Crippen LogP contribution is 2.12. The van der Waals surface area contributed by atoms with Crippen molar-refractivity contribution in [3.63, 3.8) is 0 Å². The van der Waals surface area contributed by atoms with E-state index in [9.17, 15) is 4.79 Å². The maximum absolute atomic E-state index is 11.3. The van der Waals surface area contributed by atoms with Gasteiger partial charge in [-0.05, 0) is 12.1 Å². The Morgan fingerprint density at radius 3 is 2.36 bits per heavy atom. The van der Waals surface area contributed by atoms with Gasteiger partial charge < -0.3 is 15.1 Å². The average molecular weight is 195 g/mol. The first-order valence-electron chi connectivity index (χ1n) is 4.36. The van der Waals surface area contributed by atoms with E-state index in [4.69, 9.17) is 10.2 Å². The van der Waals surface area contributed by atoms with Crippen LogP contribution in [0.15, 0.2) is 30.3 Å². The molecule has 14 heavy (non-hydrogen) atoms. The van der Waals surface area contributed by atoms with E-state index in [1.165, 1.54) is 4.90 Å². The lowest BCUT2D eigenvalue weighted by molar-refractivity contribution is -0.121. The minimum absolute atomic E-state index is 0.124. The number of carbonyl (C=O) groups is 1. The highest BCUT2D eigenvalue weighted by molar-refractivity contribution is 5.94. The van der Waals surface area contributed by atoms with Crippen LogP contribution in [0.25, 0.3) is 0 Å². The molecule has 0 heterocycles. The second-order valence-electron chi connectivity index (χ2n) is 2.76. The van der Waals surface area contributed by atoms with E-state index in [0.29, 0.717) is 5.69 Å². The van der Waals surface area contributed by atoms with Crippen LogP contribution in [-0.2, 0) is 4.79 Å². The van der Waals surface area contributed by atoms with Crippen molar-refractivity contribution in [1.82, 2.24) is 0 Å². The van der Waals surface area contributed by atoms with E-state index in [1.807, 2.05) is 6.07 Å². The number of rotatable bonds is 4. The van der Waals surface area contributed by atoms with E-state index >= 15 is 0 Å². The number of aliphatic hydroxyl groups excluding tert-OH is 2. The quantitative estimate of drug-likeness (QED) is 0.711. The molecular formula is C10H13NO3. The van der Waals surface area contributed by atoms with E-state index < -0.39 is 12.5 Å². The van der Waals surface area contributed by atoms with Gasteiger partial charge in [-0.15, -0.1) is 0 Å². The SMILES string of the molecule is O=C(CO)N(CCO)c1ccccc1. The van der Waals surface area contributed by atoms with Gasteiger partial charge in [0, 0.05) is 12.2 Å². The van der Waals surface area contributed by atoms with Crippen LogP contribution in [0.1, 0.15) is 0 Å². The van der Waals surface area contributed by atoms with Crippen molar-refractivity contribution in [1.29, 1.82) is 0 Å². The van der Waals surface area contributed by atoms with E-state index in [2.05, 4.69) is 0 Å². The minimum atomic E-state index is -0.547. The lowest BCUT2D eigenvalue weighted by Gasteiger charge is -2.20. The maximum atomic E-state index is 11.3. The Morgan fingerprint density at radius 1 is 1.21 bits per heavy atom. The first-order valence-corrected chi connectivity index (χ1v) is 4.36. The number of nitrogens with zero attached hydrogens (tertiary/aromatic N) is 1. The van der Waals surface area contributed by atoms with Gasteiger partial charge in [0.1, 0.15) is 6.61 Å². The molecule has 0 aliphatic carbocycles. The third kappa shape index (κ3) is 2.55. The summed E-state index contributed by atoms with van der Waals surface area (Å²) in [5, 5.41) is 17.5. The number of benzene rings is 1. The summed E-state index contributed by atoms with van der Waals surface area (Å²) in [5.41, 5.74) is 0.681. The number of carbonyl (C=O) groups excluding carboxylic acids is 1. The highest BCUT2D eigenvalue weighted by Gasteiger charge is 2.12. The monoisotopic (exact) mass is 195 g/mol. The summed E-state index contributed by atoms with van der Waals surface area (Å²) in [4.78, 5) is 12.6.